The Balaban J connectivity index is 0.00000729. The number of amides is 1. The zero-order valence-corrected chi connectivity index (χ0v) is 17.4. The Morgan fingerprint density at radius 1 is 1.43 bits per heavy atom. The molecule has 1 aromatic rings. The van der Waals surface area contributed by atoms with E-state index in [0.29, 0.717) is 0 Å². The maximum Gasteiger partial charge on any atom is 0.352 e. The lowest BCUT2D eigenvalue weighted by Crippen LogP contribution is -2.53. The molecule has 0 radical (unpaired) electrons. The Kier molecular flexibility index (Phi) is 9.84. The number of thiazole rings is 1. The fraction of sp³-hybridized carbons (Fsp3) is 0.533. The van der Waals surface area contributed by atoms with Crippen LogP contribution < -0.4 is 16.8 Å². The van der Waals surface area contributed by atoms with Gasteiger partial charge in [0.25, 0.3) is 5.91 Å². The lowest BCUT2D eigenvalue weighted by Gasteiger charge is -2.21. The Labute approximate surface area is 171 Å². The molecule has 0 saturated carbocycles. The number of oxime groups is 1. The molecule has 158 valence electrons. The van der Waals surface area contributed by atoms with Crippen LogP contribution in [0.5, 0.6) is 0 Å². The minimum absolute atomic E-state index is 0. The van der Waals surface area contributed by atoms with Crippen LogP contribution in [-0.2, 0) is 24.0 Å². The molecule has 0 aromatic carbocycles. The van der Waals surface area contributed by atoms with Crippen molar-refractivity contribution in [3.8, 4) is 0 Å². The molecule has 0 saturated heterocycles. The van der Waals surface area contributed by atoms with Crippen molar-refractivity contribution in [2.75, 3.05) is 12.3 Å². The molecule has 0 unspecified atom stereocenters. The van der Waals surface area contributed by atoms with E-state index in [1.807, 2.05) is 0 Å². The molecule has 1 rings (SSSR count). The Bertz CT molecular complexity index is 736. The van der Waals surface area contributed by atoms with Crippen LogP contribution in [0.1, 0.15) is 33.4 Å². The summed E-state index contributed by atoms with van der Waals surface area (Å²) in [5.74, 6) is -2.90. The highest BCUT2D eigenvalue weighted by Crippen LogP contribution is 2.16. The number of esters is 1. The number of ether oxygens (including phenoxy) is 1. The second-order valence-electron chi connectivity index (χ2n) is 5.98. The van der Waals surface area contributed by atoms with Gasteiger partial charge < -0.3 is 31.5 Å². The predicted octanol–water partition coefficient (Wildman–Crippen LogP) is 0.126. The minimum atomic E-state index is -1.49. The topological polar surface area (TPSA) is 179 Å². The van der Waals surface area contributed by atoms with Crippen LogP contribution in [0.15, 0.2) is 10.5 Å². The lowest BCUT2D eigenvalue weighted by atomic mass is 10.1. The highest BCUT2D eigenvalue weighted by atomic mass is 35.5. The number of nitrogen functional groups attached to an aromatic ring is 1. The fourth-order valence-electron chi connectivity index (χ4n) is 1.73. The molecule has 1 heterocycles. The first-order valence-corrected chi connectivity index (χ1v) is 8.81. The van der Waals surface area contributed by atoms with Crippen LogP contribution in [-0.4, -0.2) is 57.9 Å². The van der Waals surface area contributed by atoms with Crippen molar-refractivity contribution in [2.45, 2.75) is 45.4 Å². The normalized spacial score (nSPS) is 13.7. The number of hydrogen-bond donors (Lipinski definition) is 4. The number of nitrogens with two attached hydrogens (primary N) is 2. The highest BCUT2D eigenvalue weighted by Gasteiger charge is 2.34. The van der Waals surface area contributed by atoms with Gasteiger partial charge in [0, 0.05) is 11.4 Å². The second kappa shape index (κ2) is 10.8. The largest absolute Gasteiger partial charge is 0.480 e. The van der Waals surface area contributed by atoms with Crippen LogP contribution in [0, 0.1) is 0 Å². The maximum atomic E-state index is 12.6. The molecule has 6 N–H and O–H groups in total. The van der Waals surface area contributed by atoms with Crippen LogP contribution in [0.4, 0.5) is 5.13 Å². The van der Waals surface area contributed by atoms with Gasteiger partial charge in [-0.1, -0.05) is 5.16 Å². The minimum Gasteiger partial charge on any atom is -0.480 e. The number of carbonyl (C=O) groups excluding carboxylic acids is 2. The van der Waals surface area contributed by atoms with Gasteiger partial charge in [-0.3, -0.25) is 4.79 Å². The van der Waals surface area contributed by atoms with E-state index in [-0.39, 0.29) is 35.6 Å². The molecule has 0 bridgehead atoms. The molecule has 0 aliphatic carbocycles. The van der Waals surface area contributed by atoms with E-state index in [2.05, 4.69) is 15.5 Å². The predicted molar refractivity (Wildman–Crippen MR) is 105 cm³/mol. The third-order valence-electron chi connectivity index (χ3n) is 3.19. The quantitative estimate of drug-likeness (QED) is 0.237. The fourth-order valence-corrected chi connectivity index (χ4v) is 2.28. The Hall–Kier alpha value is -2.44. The molecule has 0 aliphatic rings. The molecule has 28 heavy (non-hydrogen) atoms. The molecule has 2 atom stereocenters. The summed E-state index contributed by atoms with van der Waals surface area (Å²) in [6, 6.07) is -2.23. The van der Waals surface area contributed by atoms with Crippen molar-refractivity contribution in [1.82, 2.24) is 10.3 Å². The van der Waals surface area contributed by atoms with E-state index >= 15 is 0 Å². The molecule has 0 aliphatic heterocycles. The molecule has 11 nitrogen and oxygen atoms in total. The monoisotopic (exact) mass is 437 g/mol. The summed E-state index contributed by atoms with van der Waals surface area (Å²) in [7, 11) is 0. The first-order valence-electron chi connectivity index (χ1n) is 7.93. The molecule has 13 heteroatoms. The molecule has 0 spiro atoms. The van der Waals surface area contributed by atoms with Crippen LogP contribution in [0.2, 0.25) is 0 Å². The van der Waals surface area contributed by atoms with Gasteiger partial charge in [0.05, 0.1) is 6.61 Å². The molecule has 1 amide bonds. The smallest absolute Gasteiger partial charge is 0.352 e. The molecular formula is C15H24ClN5O6S. The highest BCUT2D eigenvalue weighted by molar-refractivity contribution is 7.13. The third kappa shape index (κ3) is 6.94. The van der Waals surface area contributed by atoms with Crippen LogP contribution in [0.3, 0.4) is 0 Å². The Morgan fingerprint density at radius 2 is 2.04 bits per heavy atom. The average molecular weight is 438 g/mol. The lowest BCUT2D eigenvalue weighted by molar-refractivity contribution is -0.167. The molecule has 0 fully saturated rings. The van der Waals surface area contributed by atoms with Gasteiger partial charge in [-0.2, -0.15) is 0 Å². The maximum absolute atomic E-state index is 12.6. The number of aliphatic carboxylic acids is 1. The first kappa shape index (κ1) is 25.6. The van der Waals surface area contributed by atoms with Crippen molar-refractivity contribution < 1.29 is 29.1 Å². The van der Waals surface area contributed by atoms with E-state index < -0.39 is 35.5 Å². The third-order valence-corrected chi connectivity index (χ3v) is 3.86. The van der Waals surface area contributed by atoms with Gasteiger partial charge in [0.1, 0.15) is 11.7 Å². The van der Waals surface area contributed by atoms with Crippen molar-refractivity contribution in [1.29, 1.82) is 0 Å². The van der Waals surface area contributed by atoms with E-state index in [1.165, 1.54) is 26.2 Å². The van der Waals surface area contributed by atoms with Crippen molar-refractivity contribution in [3.05, 3.63) is 11.1 Å². The van der Waals surface area contributed by atoms with Crippen LogP contribution in [0.25, 0.3) is 0 Å². The standard InChI is InChI=1S/C15H23N5O6S.ClH/c1-5-25-13(24)15(3,4)26-20-10(8-6-27-14(17)18-8)11(21)19-9(7(2)16)12(22)23;/h6-7,9H,5,16H2,1-4H3,(H2,17,18)(H,19,21)(H,22,23);1H/b20-10-;/t7-,9-;/m0./s1. The van der Waals surface area contributed by atoms with Gasteiger partial charge in [-0.25, -0.2) is 14.6 Å². The summed E-state index contributed by atoms with van der Waals surface area (Å²) in [4.78, 5) is 44.8. The summed E-state index contributed by atoms with van der Waals surface area (Å²) >= 11 is 1.05. The summed E-state index contributed by atoms with van der Waals surface area (Å²) < 4.78 is 4.88. The number of nitrogens with one attached hydrogen (secondary N) is 1. The summed E-state index contributed by atoms with van der Waals surface area (Å²) in [6.07, 6.45) is 0. The van der Waals surface area contributed by atoms with E-state index in [1.54, 1.807) is 6.92 Å². The van der Waals surface area contributed by atoms with E-state index in [0.717, 1.165) is 11.3 Å². The summed E-state index contributed by atoms with van der Waals surface area (Å²) in [5.41, 5.74) is 9.37. The van der Waals surface area contributed by atoms with E-state index in [9.17, 15) is 19.5 Å². The van der Waals surface area contributed by atoms with Gasteiger partial charge in [-0.05, 0) is 27.7 Å². The number of carboxylic acid groups (broad SMARTS) is 1. The number of aromatic nitrogens is 1. The zero-order chi connectivity index (χ0) is 20.8. The van der Waals surface area contributed by atoms with Crippen molar-refractivity contribution in [2.24, 2.45) is 10.9 Å². The summed E-state index contributed by atoms with van der Waals surface area (Å²) in [6.45, 7) is 6.01. The van der Waals surface area contributed by atoms with Crippen molar-refractivity contribution in [3.63, 3.8) is 0 Å². The van der Waals surface area contributed by atoms with E-state index in [4.69, 9.17) is 21.0 Å². The van der Waals surface area contributed by atoms with Gasteiger partial charge >= 0.3 is 11.9 Å². The number of hydrogen-bond acceptors (Lipinski definition) is 10. The number of nitrogens with zero attached hydrogens (tertiary/aromatic N) is 2. The number of carboxylic acids is 1. The van der Waals surface area contributed by atoms with Gasteiger partial charge in [0.2, 0.25) is 5.60 Å². The molecular weight excluding hydrogens is 414 g/mol. The number of anilines is 1. The van der Waals surface area contributed by atoms with Crippen molar-refractivity contribution >= 4 is 52.4 Å². The first-order chi connectivity index (χ1) is 12.5. The van der Waals surface area contributed by atoms with Gasteiger partial charge in [-0.15, -0.1) is 23.7 Å². The SMILES string of the molecule is CCOC(=O)C(C)(C)O/N=C(\C(=O)N[C@H](C(=O)O)[C@H](C)N)c1csc(N)n1.Cl. The second-order valence-corrected chi connectivity index (χ2v) is 6.87. The van der Waals surface area contributed by atoms with Gasteiger partial charge in [0.15, 0.2) is 10.8 Å². The Morgan fingerprint density at radius 3 is 2.46 bits per heavy atom. The van der Waals surface area contributed by atoms with Crippen LogP contribution >= 0.6 is 23.7 Å². The summed E-state index contributed by atoms with van der Waals surface area (Å²) in [5, 5.41) is 16.7. The molecule has 1 aromatic heterocycles. The number of rotatable bonds is 9. The average Bonchev–Trinajstić information content (AvgIpc) is 2.98. The number of halogens is 1. The number of carbonyl (C=O) groups is 3. The zero-order valence-electron chi connectivity index (χ0n) is 15.8.